The highest BCUT2D eigenvalue weighted by Crippen LogP contribution is 2.28. The number of ether oxygens (including phenoxy) is 3. The molecular weight excluding hydrogens is 224 g/mol. The molecule has 92 valence electrons. The zero-order valence-corrected chi connectivity index (χ0v) is 9.98. The first-order valence-electron chi connectivity index (χ1n) is 4.95. The molecule has 0 aliphatic heterocycles. The number of Topliss-reactive ketones (excluding diaryl/α,β-unsaturated/α-hetero) is 1. The fraction of sp³-hybridized carbons (Fsp3) is 0.333. The molecule has 0 atom stereocenters. The van der Waals surface area contributed by atoms with E-state index in [1.807, 2.05) is 0 Å². The monoisotopic (exact) mass is 238 g/mol. The summed E-state index contributed by atoms with van der Waals surface area (Å²) in [7, 11) is 4.14. The first-order chi connectivity index (χ1) is 8.13. The molecule has 0 aromatic heterocycles. The van der Waals surface area contributed by atoms with Gasteiger partial charge in [0.15, 0.2) is 0 Å². The van der Waals surface area contributed by atoms with Crippen LogP contribution in [0.25, 0.3) is 0 Å². The highest BCUT2D eigenvalue weighted by atomic mass is 16.5. The van der Waals surface area contributed by atoms with Gasteiger partial charge in [-0.3, -0.25) is 4.79 Å². The third-order valence-corrected chi connectivity index (χ3v) is 2.28. The molecule has 0 fully saturated rings. The van der Waals surface area contributed by atoms with Crippen LogP contribution in [-0.4, -0.2) is 33.1 Å². The predicted molar refractivity (Wildman–Crippen MR) is 60.3 cm³/mol. The summed E-state index contributed by atoms with van der Waals surface area (Å²) >= 11 is 0. The number of rotatable bonds is 5. The van der Waals surface area contributed by atoms with Crippen molar-refractivity contribution in [2.24, 2.45) is 0 Å². The Hall–Kier alpha value is -2.04. The van der Waals surface area contributed by atoms with Crippen molar-refractivity contribution in [2.45, 2.75) is 6.42 Å². The minimum Gasteiger partial charge on any atom is -0.496 e. The highest BCUT2D eigenvalue weighted by Gasteiger charge is 2.19. The van der Waals surface area contributed by atoms with Crippen molar-refractivity contribution < 1.29 is 23.8 Å². The van der Waals surface area contributed by atoms with Gasteiger partial charge in [0.1, 0.15) is 11.5 Å². The Kier molecular flexibility index (Phi) is 4.51. The van der Waals surface area contributed by atoms with Crippen molar-refractivity contribution in [3.63, 3.8) is 0 Å². The Bertz CT molecular complexity index is 403. The fourth-order valence-electron chi connectivity index (χ4n) is 1.45. The number of benzene rings is 1. The second-order valence-corrected chi connectivity index (χ2v) is 3.23. The summed E-state index contributed by atoms with van der Waals surface area (Å²) in [6.45, 7) is 0. The number of carbonyl (C=O) groups is 2. The summed E-state index contributed by atoms with van der Waals surface area (Å²) in [4.78, 5) is 22.6. The van der Waals surface area contributed by atoms with Gasteiger partial charge in [-0.2, -0.15) is 0 Å². The van der Waals surface area contributed by atoms with Crippen LogP contribution in [-0.2, 0) is 20.7 Å². The average Bonchev–Trinajstić information content (AvgIpc) is 2.37. The molecule has 0 saturated heterocycles. The van der Waals surface area contributed by atoms with Crippen molar-refractivity contribution >= 4 is 11.8 Å². The number of methoxy groups -OCH3 is 3. The van der Waals surface area contributed by atoms with Crippen LogP contribution >= 0.6 is 0 Å². The largest absolute Gasteiger partial charge is 0.496 e. The van der Waals surface area contributed by atoms with E-state index in [2.05, 4.69) is 4.74 Å². The van der Waals surface area contributed by atoms with Crippen LogP contribution in [0.5, 0.6) is 11.5 Å². The first-order valence-corrected chi connectivity index (χ1v) is 4.95. The number of hydrogen-bond donors (Lipinski definition) is 0. The molecular formula is C12H14O5. The van der Waals surface area contributed by atoms with E-state index in [1.165, 1.54) is 21.3 Å². The maximum Gasteiger partial charge on any atom is 0.374 e. The van der Waals surface area contributed by atoms with Gasteiger partial charge in [-0.1, -0.05) is 6.07 Å². The molecule has 1 rings (SSSR count). The van der Waals surface area contributed by atoms with Crippen LogP contribution in [0.1, 0.15) is 5.56 Å². The Balaban J connectivity index is 3.03. The Morgan fingerprint density at radius 2 is 1.59 bits per heavy atom. The van der Waals surface area contributed by atoms with Gasteiger partial charge in [0.05, 0.1) is 27.8 Å². The van der Waals surface area contributed by atoms with Crippen molar-refractivity contribution in [1.82, 2.24) is 0 Å². The first kappa shape index (κ1) is 13.0. The van der Waals surface area contributed by atoms with Crippen LogP contribution < -0.4 is 9.47 Å². The Morgan fingerprint density at radius 3 is 2.00 bits per heavy atom. The molecule has 0 bridgehead atoms. The van der Waals surface area contributed by atoms with Gasteiger partial charge in [-0.25, -0.2) is 4.79 Å². The number of esters is 1. The topological polar surface area (TPSA) is 61.8 Å². The SMILES string of the molecule is COC(=O)C(=O)Cc1c(OC)cccc1OC. The standard InChI is InChI=1S/C12H14O5/c1-15-10-5-4-6-11(16-2)8(10)7-9(13)12(14)17-3/h4-6H,7H2,1-3H3. The summed E-state index contributed by atoms with van der Waals surface area (Å²) in [6.07, 6.45) is -0.111. The van der Waals surface area contributed by atoms with E-state index in [0.29, 0.717) is 17.1 Å². The molecule has 1 aromatic carbocycles. The zero-order valence-electron chi connectivity index (χ0n) is 9.98. The second-order valence-electron chi connectivity index (χ2n) is 3.23. The van der Waals surface area contributed by atoms with E-state index in [4.69, 9.17) is 9.47 Å². The zero-order chi connectivity index (χ0) is 12.8. The van der Waals surface area contributed by atoms with Crippen LogP contribution in [0, 0.1) is 0 Å². The lowest BCUT2D eigenvalue weighted by atomic mass is 10.1. The normalized spacial score (nSPS) is 9.59. The smallest absolute Gasteiger partial charge is 0.374 e. The molecule has 0 spiro atoms. The van der Waals surface area contributed by atoms with Gasteiger partial charge in [-0.05, 0) is 12.1 Å². The fourth-order valence-corrected chi connectivity index (χ4v) is 1.45. The molecule has 0 radical (unpaired) electrons. The molecule has 0 N–H and O–H groups in total. The van der Waals surface area contributed by atoms with Crippen LogP contribution in [0.4, 0.5) is 0 Å². The summed E-state index contributed by atoms with van der Waals surface area (Å²) < 4.78 is 14.6. The minimum atomic E-state index is -0.877. The molecule has 0 aliphatic rings. The third-order valence-electron chi connectivity index (χ3n) is 2.28. The molecule has 1 aromatic rings. The summed E-state index contributed by atoms with van der Waals surface area (Å²) in [5.74, 6) is -0.517. The molecule has 0 unspecified atom stereocenters. The third kappa shape index (κ3) is 2.96. The Labute approximate surface area is 99.3 Å². The van der Waals surface area contributed by atoms with Gasteiger partial charge in [0.2, 0.25) is 5.78 Å². The van der Waals surface area contributed by atoms with Crippen molar-refractivity contribution in [3.05, 3.63) is 23.8 Å². The number of ketones is 1. The summed E-state index contributed by atoms with van der Waals surface area (Å²) in [6, 6.07) is 5.13. The van der Waals surface area contributed by atoms with Crippen LogP contribution in [0.2, 0.25) is 0 Å². The molecule has 17 heavy (non-hydrogen) atoms. The van der Waals surface area contributed by atoms with Crippen molar-refractivity contribution in [2.75, 3.05) is 21.3 Å². The second kappa shape index (κ2) is 5.89. The van der Waals surface area contributed by atoms with E-state index in [-0.39, 0.29) is 6.42 Å². The van der Waals surface area contributed by atoms with E-state index in [1.54, 1.807) is 18.2 Å². The predicted octanol–water partition coefficient (Wildman–Crippen LogP) is 0.988. The van der Waals surface area contributed by atoms with Gasteiger partial charge < -0.3 is 14.2 Å². The Morgan fingerprint density at radius 1 is 1.06 bits per heavy atom. The summed E-state index contributed by atoms with van der Waals surface area (Å²) in [5.41, 5.74) is 0.535. The molecule has 0 heterocycles. The number of hydrogen-bond acceptors (Lipinski definition) is 5. The molecule has 5 nitrogen and oxygen atoms in total. The molecule has 0 aliphatic carbocycles. The van der Waals surface area contributed by atoms with Crippen LogP contribution in [0.15, 0.2) is 18.2 Å². The number of carbonyl (C=O) groups excluding carboxylic acids is 2. The lowest BCUT2D eigenvalue weighted by molar-refractivity contribution is -0.151. The van der Waals surface area contributed by atoms with E-state index in [0.717, 1.165) is 0 Å². The molecule has 0 saturated carbocycles. The maximum absolute atomic E-state index is 11.5. The highest BCUT2D eigenvalue weighted by molar-refractivity contribution is 6.34. The minimum absolute atomic E-state index is 0.111. The molecule has 0 amide bonds. The van der Waals surface area contributed by atoms with Gasteiger partial charge in [0.25, 0.3) is 0 Å². The van der Waals surface area contributed by atoms with Crippen LogP contribution in [0.3, 0.4) is 0 Å². The van der Waals surface area contributed by atoms with E-state index >= 15 is 0 Å². The average molecular weight is 238 g/mol. The summed E-state index contributed by atoms with van der Waals surface area (Å²) in [5, 5.41) is 0. The van der Waals surface area contributed by atoms with Crippen molar-refractivity contribution in [3.8, 4) is 11.5 Å². The van der Waals surface area contributed by atoms with Gasteiger partial charge >= 0.3 is 5.97 Å². The molecule has 5 heteroatoms. The maximum atomic E-state index is 11.5. The van der Waals surface area contributed by atoms with E-state index in [9.17, 15) is 9.59 Å². The quantitative estimate of drug-likeness (QED) is 0.565. The lowest BCUT2D eigenvalue weighted by Crippen LogP contribution is -2.18. The van der Waals surface area contributed by atoms with Crippen molar-refractivity contribution in [1.29, 1.82) is 0 Å². The van der Waals surface area contributed by atoms with Gasteiger partial charge in [0, 0.05) is 5.56 Å². The van der Waals surface area contributed by atoms with Gasteiger partial charge in [-0.15, -0.1) is 0 Å². The van der Waals surface area contributed by atoms with E-state index < -0.39 is 11.8 Å². The lowest BCUT2D eigenvalue weighted by Gasteiger charge is -2.11.